The van der Waals surface area contributed by atoms with Gasteiger partial charge in [-0.05, 0) is 17.7 Å². The molecule has 1 fully saturated rings. The lowest BCUT2D eigenvalue weighted by molar-refractivity contribution is -0.137. The van der Waals surface area contributed by atoms with Crippen LogP contribution in [0.2, 0.25) is 0 Å². The van der Waals surface area contributed by atoms with E-state index in [9.17, 15) is 15.0 Å². The second kappa shape index (κ2) is 9.14. The van der Waals surface area contributed by atoms with Gasteiger partial charge in [-0.1, -0.05) is 36.4 Å². The van der Waals surface area contributed by atoms with Gasteiger partial charge in [0.1, 0.15) is 17.9 Å². The zero-order chi connectivity index (χ0) is 26.2. The molecule has 0 radical (unpaired) electrons. The lowest BCUT2D eigenvalue weighted by Gasteiger charge is -2.17. The van der Waals surface area contributed by atoms with Crippen molar-refractivity contribution < 1.29 is 23.9 Å². The summed E-state index contributed by atoms with van der Waals surface area (Å²) in [5, 5.41) is 26.2. The van der Waals surface area contributed by atoms with Crippen molar-refractivity contribution in [1.82, 2.24) is 29.8 Å². The average molecular weight is 465 g/mol. The molecule has 4 N–H and O–H groups in total. The minimum absolute atomic E-state index is 0.249. The Hall–Kier alpha value is -3.93. The number of carbonyl (C=O) groups is 1. The van der Waals surface area contributed by atoms with Crippen LogP contribution in [0.3, 0.4) is 0 Å². The number of aliphatic hydroxyl groups is 2. The van der Waals surface area contributed by atoms with Crippen molar-refractivity contribution in [3.8, 4) is 11.5 Å². The molecule has 4 aromatic rings. The summed E-state index contributed by atoms with van der Waals surface area (Å²) in [7, 11) is 0. The van der Waals surface area contributed by atoms with Crippen LogP contribution in [-0.4, -0.2) is 65.9 Å². The van der Waals surface area contributed by atoms with Gasteiger partial charge in [0.2, 0.25) is 0 Å². The highest BCUT2D eigenvalue weighted by Crippen LogP contribution is 2.33. The molecule has 1 amide bonds. The van der Waals surface area contributed by atoms with Crippen molar-refractivity contribution in [2.45, 2.75) is 31.1 Å². The molecule has 1 aliphatic heterocycles. The molecule has 3 aromatic heterocycles. The van der Waals surface area contributed by atoms with Gasteiger partial charge in [0.05, 0.1) is 6.33 Å². The molecule has 1 aromatic carbocycles. The number of likely N-dealkylation sites (N-methyl/N-ethyl adjacent to an activating group) is 1. The fourth-order valence-corrected chi connectivity index (χ4v) is 3.79. The molecule has 0 aliphatic carbocycles. The molecule has 4 heterocycles. The predicted octanol–water partition coefficient (Wildman–Crippen LogP) is 0.866. The number of pyridine rings is 1. The first kappa shape index (κ1) is 18.5. The molecule has 5 rings (SSSR count). The van der Waals surface area contributed by atoms with E-state index in [1.54, 1.807) is 29.7 Å². The molecule has 34 heavy (non-hydrogen) atoms. The summed E-state index contributed by atoms with van der Waals surface area (Å²) in [5.41, 5.74) is 2.10. The van der Waals surface area contributed by atoms with Crippen molar-refractivity contribution >= 4 is 22.9 Å². The number of imidazole rings is 1. The number of carbonyl (C=O) groups excluding carboxylic acids is 1. The number of benzene rings is 1. The maximum atomic E-state index is 12.4. The Morgan fingerprint density at radius 3 is 2.71 bits per heavy atom. The van der Waals surface area contributed by atoms with E-state index in [4.69, 9.17) is 8.85 Å². The molecule has 0 unspecified atom stereocenters. The summed E-state index contributed by atoms with van der Waals surface area (Å²) >= 11 is 0. The number of ether oxygens (including phenoxy) is 1. The van der Waals surface area contributed by atoms with Gasteiger partial charge in [-0.2, -0.15) is 0 Å². The Bertz CT molecular complexity index is 1400. The van der Waals surface area contributed by atoms with Crippen molar-refractivity contribution in [3.05, 3.63) is 66.6 Å². The lowest BCUT2D eigenvalue weighted by atomic mass is 10.1. The normalized spacial score (nSPS) is 23.8. The number of amides is 1. The molecule has 11 nitrogen and oxygen atoms in total. The molecule has 0 bridgehead atoms. The lowest BCUT2D eigenvalue weighted by Crippen LogP contribution is -2.41. The van der Waals surface area contributed by atoms with Gasteiger partial charge < -0.3 is 25.6 Å². The van der Waals surface area contributed by atoms with Crippen LogP contribution in [-0.2, 0) is 16.1 Å². The molecular formula is C23H23N7O4. The second-order valence-electron chi connectivity index (χ2n) is 7.69. The van der Waals surface area contributed by atoms with Gasteiger partial charge in [0.25, 0.3) is 5.91 Å². The molecule has 1 saturated heterocycles. The van der Waals surface area contributed by atoms with Crippen LogP contribution >= 0.6 is 0 Å². The Balaban J connectivity index is 1.52. The number of nitrogens with one attached hydrogen (secondary N) is 2. The van der Waals surface area contributed by atoms with E-state index in [1.165, 1.54) is 10.9 Å². The van der Waals surface area contributed by atoms with Crippen LogP contribution in [0.5, 0.6) is 0 Å². The summed E-state index contributed by atoms with van der Waals surface area (Å²) in [6.07, 6.45) is -3.20. The third-order valence-electron chi connectivity index (χ3n) is 5.51. The van der Waals surface area contributed by atoms with Crippen molar-refractivity contribution in [2.24, 2.45) is 0 Å². The SMILES string of the molecule is [2H]C([2H])([2H])NC(=O)[C@H]1O[C@@H](n2cnc3c(NCc4ccccc4)nc(-c4ccccn4)nc32)[C@H](O)[C@@H]1O. The van der Waals surface area contributed by atoms with Crippen LogP contribution in [0.4, 0.5) is 5.82 Å². The molecule has 0 saturated carbocycles. The first-order chi connectivity index (χ1) is 17.7. The Morgan fingerprint density at radius 2 is 1.94 bits per heavy atom. The fraction of sp³-hybridized carbons (Fsp3) is 0.261. The summed E-state index contributed by atoms with van der Waals surface area (Å²) in [4.78, 5) is 30.3. The van der Waals surface area contributed by atoms with Crippen LogP contribution in [0, 0.1) is 0 Å². The quantitative estimate of drug-likeness (QED) is 0.326. The average Bonchev–Trinajstić information content (AvgIpc) is 3.43. The molecule has 0 spiro atoms. The number of fused-ring (bicyclic) bond motifs is 1. The van der Waals surface area contributed by atoms with Gasteiger partial charge in [-0.25, -0.2) is 15.0 Å². The van der Waals surface area contributed by atoms with E-state index in [2.05, 4.69) is 25.3 Å². The fourth-order valence-electron chi connectivity index (χ4n) is 3.79. The maximum absolute atomic E-state index is 12.4. The Morgan fingerprint density at radius 1 is 1.12 bits per heavy atom. The number of aliphatic hydroxyl groups excluding tert-OH is 2. The standard InChI is InChI=1S/C23H23N7O4/c1-24-22(33)18-16(31)17(32)23(34-18)30-12-27-15-20(26-11-13-7-3-2-4-8-13)28-19(29-21(15)30)14-9-5-6-10-25-14/h2-10,12,16-18,23,31-32H,11H2,1H3,(H,24,33)(H,26,28,29)/t16-,17+,18-,23+/m0/s1/i1D3. The Kier molecular flexibility index (Phi) is 4.97. The van der Waals surface area contributed by atoms with Gasteiger partial charge in [0.15, 0.2) is 35.1 Å². The van der Waals surface area contributed by atoms with Crippen molar-refractivity contribution in [3.63, 3.8) is 0 Å². The van der Waals surface area contributed by atoms with Crippen molar-refractivity contribution in [1.29, 1.82) is 0 Å². The number of hydrogen-bond donors (Lipinski definition) is 4. The zero-order valence-corrected chi connectivity index (χ0v) is 17.7. The third kappa shape index (κ3) is 3.96. The van der Waals surface area contributed by atoms with Gasteiger partial charge in [0, 0.05) is 23.8 Å². The van der Waals surface area contributed by atoms with Gasteiger partial charge in [-0.15, -0.1) is 0 Å². The topological polar surface area (TPSA) is 147 Å². The number of rotatable bonds is 6. The highest BCUT2D eigenvalue weighted by Gasteiger charge is 2.47. The highest BCUT2D eigenvalue weighted by atomic mass is 16.6. The first-order valence-electron chi connectivity index (χ1n) is 12.0. The van der Waals surface area contributed by atoms with Crippen LogP contribution < -0.4 is 10.6 Å². The van der Waals surface area contributed by atoms with Gasteiger partial charge >= 0.3 is 0 Å². The molecule has 174 valence electrons. The highest BCUT2D eigenvalue weighted by molar-refractivity contribution is 5.85. The largest absolute Gasteiger partial charge is 0.387 e. The molecule has 1 aliphatic rings. The Labute approximate surface area is 198 Å². The van der Waals surface area contributed by atoms with E-state index >= 15 is 0 Å². The van der Waals surface area contributed by atoms with E-state index in [-0.39, 0.29) is 11.5 Å². The molecular weight excluding hydrogens is 438 g/mol. The number of aromatic nitrogens is 5. The van der Waals surface area contributed by atoms with Gasteiger partial charge in [-0.3, -0.25) is 14.3 Å². The number of anilines is 1. The first-order valence-corrected chi connectivity index (χ1v) is 10.5. The third-order valence-corrected chi connectivity index (χ3v) is 5.51. The monoisotopic (exact) mass is 464 g/mol. The number of hydrogen-bond acceptors (Lipinski definition) is 9. The van der Waals surface area contributed by atoms with E-state index in [1.807, 2.05) is 30.3 Å². The second-order valence-corrected chi connectivity index (χ2v) is 7.69. The molecule has 4 atom stereocenters. The van der Waals surface area contributed by atoms with Crippen LogP contribution in [0.1, 0.15) is 15.9 Å². The molecule has 11 heteroatoms. The summed E-state index contributed by atoms with van der Waals surface area (Å²) in [6.45, 7) is -2.34. The number of nitrogens with zero attached hydrogens (tertiary/aromatic N) is 5. The summed E-state index contributed by atoms with van der Waals surface area (Å²) < 4.78 is 28.7. The minimum Gasteiger partial charge on any atom is -0.387 e. The smallest absolute Gasteiger partial charge is 0.251 e. The van der Waals surface area contributed by atoms with E-state index in [0.29, 0.717) is 23.6 Å². The van der Waals surface area contributed by atoms with Crippen LogP contribution in [0.15, 0.2) is 61.1 Å². The zero-order valence-electron chi connectivity index (χ0n) is 20.7. The van der Waals surface area contributed by atoms with E-state index in [0.717, 1.165) is 5.56 Å². The predicted molar refractivity (Wildman–Crippen MR) is 122 cm³/mol. The van der Waals surface area contributed by atoms with E-state index < -0.39 is 37.4 Å². The maximum Gasteiger partial charge on any atom is 0.251 e. The summed E-state index contributed by atoms with van der Waals surface area (Å²) in [6, 6.07) is 15.0. The van der Waals surface area contributed by atoms with Crippen LogP contribution in [0.25, 0.3) is 22.7 Å². The van der Waals surface area contributed by atoms with Crippen molar-refractivity contribution in [2.75, 3.05) is 12.3 Å². The minimum atomic E-state index is -2.78. The summed E-state index contributed by atoms with van der Waals surface area (Å²) in [5.74, 6) is -0.402.